The number of nitrogens with zero attached hydrogens (tertiary/aromatic N) is 2. The number of carbonyl (C=O) groups excluding carboxylic acids is 2. The van der Waals surface area contributed by atoms with Gasteiger partial charge >= 0.3 is 0 Å². The van der Waals surface area contributed by atoms with Crippen LogP contribution >= 0.6 is 0 Å². The molecule has 30 heavy (non-hydrogen) atoms. The number of rotatable bonds is 6. The SMILES string of the molecule is COc1ccc(OC)c(NC(=O)CC2N=C(/N=C(\N)Nc3ccccc3)NC2=O)c1. The first-order valence-electron chi connectivity index (χ1n) is 9.05. The van der Waals surface area contributed by atoms with E-state index in [2.05, 4.69) is 25.9 Å². The van der Waals surface area contributed by atoms with E-state index in [4.69, 9.17) is 15.2 Å². The summed E-state index contributed by atoms with van der Waals surface area (Å²) >= 11 is 0. The Morgan fingerprint density at radius 3 is 2.63 bits per heavy atom. The average Bonchev–Trinajstić information content (AvgIpc) is 3.06. The van der Waals surface area contributed by atoms with Crippen molar-refractivity contribution < 1.29 is 19.1 Å². The first-order valence-corrected chi connectivity index (χ1v) is 9.05. The van der Waals surface area contributed by atoms with Gasteiger partial charge in [-0.1, -0.05) is 18.2 Å². The van der Waals surface area contributed by atoms with Crippen LogP contribution in [-0.2, 0) is 9.59 Å². The van der Waals surface area contributed by atoms with Gasteiger partial charge in [-0.2, -0.15) is 4.99 Å². The number of para-hydroxylation sites is 1. The molecular weight excluding hydrogens is 388 g/mol. The number of ether oxygens (including phenoxy) is 2. The van der Waals surface area contributed by atoms with Crippen LogP contribution in [0.1, 0.15) is 6.42 Å². The van der Waals surface area contributed by atoms with Gasteiger partial charge in [0.15, 0.2) is 0 Å². The first-order chi connectivity index (χ1) is 14.5. The van der Waals surface area contributed by atoms with E-state index in [-0.39, 0.29) is 18.3 Å². The predicted octanol–water partition coefficient (Wildman–Crippen LogP) is 1.31. The third kappa shape index (κ3) is 5.25. The molecule has 2 aromatic carbocycles. The maximum atomic E-state index is 12.4. The summed E-state index contributed by atoms with van der Waals surface area (Å²) in [4.78, 5) is 32.8. The third-order valence-corrected chi connectivity index (χ3v) is 4.15. The van der Waals surface area contributed by atoms with Crippen LogP contribution in [0.3, 0.4) is 0 Å². The fraction of sp³-hybridized carbons (Fsp3) is 0.200. The van der Waals surface area contributed by atoms with Gasteiger partial charge in [0.25, 0.3) is 5.91 Å². The Morgan fingerprint density at radius 1 is 1.17 bits per heavy atom. The smallest absolute Gasteiger partial charge is 0.252 e. The van der Waals surface area contributed by atoms with Gasteiger partial charge in [-0.15, -0.1) is 0 Å². The summed E-state index contributed by atoms with van der Waals surface area (Å²) in [5, 5.41) is 8.10. The molecule has 0 spiro atoms. The van der Waals surface area contributed by atoms with Crippen molar-refractivity contribution in [3.63, 3.8) is 0 Å². The minimum Gasteiger partial charge on any atom is -0.497 e. The molecule has 2 aromatic rings. The van der Waals surface area contributed by atoms with Crippen LogP contribution < -0.4 is 31.2 Å². The molecule has 1 heterocycles. The van der Waals surface area contributed by atoms with Crippen molar-refractivity contribution >= 4 is 35.1 Å². The second-order valence-corrected chi connectivity index (χ2v) is 6.26. The molecule has 5 N–H and O–H groups in total. The number of methoxy groups -OCH3 is 2. The molecule has 1 unspecified atom stereocenters. The van der Waals surface area contributed by atoms with Gasteiger partial charge in [-0.3, -0.25) is 14.9 Å². The molecular formula is C20H22N6O4. The molecule has 0 bridgehead atoms. The lowest BCUT2D eigenvalue weighted by Gasteiger charge is -2.12. The van der Waals surface area contributed by atoms with E-state index in [9.17, 15) is 9.59 Å². The van der Waals surface area contributed by atoms with E-state index in [1.807, 2.05) is 30.3 Å². The topological polar surface area (TPSA) is 139 Å². The van der Waals surface area contributed by atoms with Crippen molar-refractivity contribution in [2.75, 3.05) is 24.9 Å². The number of hydrogen-bond donors (Lipinski definition) is 4. The summed E-state index contributed by atoms with van der Waals surface area (Å²) in [5.74, 6) is 0.276. The van der Waals surface area contributed by atoms with Gasteiger partial charge in [-0.25, -0.2) is 4.99 Å². The van der Waals surface area contributed by atoms with Gasteiger partial charge in [0, 0.05) is 11.8 Å². The molecule has 0 fully saturated rings. The molecule has 0 saturated heterocycles. The van der Waals surface area contributed by atoms with E-state index in [1.165, 1.54) is 14.2 Å². The molecule has 0 saturated carbocycles. The number of anilines is 2. The minimum atomic E-state index is -0.912. The number of hydrogen-bond acceptors (Lipinski definition) is 6. The van der Waals surface area contributed by atoms with Crippen LogP contribution in [0.25, 0.3) is 0 Å². The Hall–Kier alpha value is -4.08. The molecule has 3 rings (SSSR count). The molecule has 1 aliphatic rings. The Labute approximate surface area is 173 Å². The standard InChI is InChI=1S/C20H22N6O4/c1-29-13-8-9-16(30-2)14(10-13)23-17(27)11-15-18(28)25-20(24-15)26-19(21)22-12-6-4-3-5-7-12/h3-10,15H,11H2,1-2H3,(H,23,27)(H4,21,22,24,25,26,28). The van der Waals surface area contributed by atoms with Crippen LogP contribution in [0.5, 0.6) is 11.5 Å². The molecule has 0 aliphatic carbocycles. The number of benzene rings is 2. The third-order valence-electron chi connectivity index (χ3n) is 4.15. The highest BCUT2D eigenvalue weighted by atomic mass is 16.5. The Bertz CT molecular complexity index is 990. The fourth-order valence-corrected chi connectivity index (χ4v) is 2.73. The molecule has 10 nitrogen and oxygen atoms in total. The van der Waals surface area contributed by atoms with Crippen LogP contribution in [0.4, 0.5) is 11.4 Å². The summed E-state index contributed by atoms with van der Waals surface area (Å²) in [7, 11) is 3.01. The van der Waals surface area contributed by atoms with Crippen molar-refractivity contribution in [1.29, 1.82) is 0 Å². The van der Waals surface area contributed by atoms with Crippen molar-refractivity contribution in [2.45, 2.75) is 12.5 Å². The lowest BCUT2D eigenvalue weighted by Crippen LogP contribution is -2.32. The van der Waals surface area contributed by atoms with E-state index in [1.54, 1.807) is 18.2 Å². The van der Waals surface area contributed by atoms with Gasteiger partial charge in [-0.05, 0) is 24.3 Å². The fourth-order valence-electron chi connectivity index (χ4n) is 2.73. The molecule has 1 aliphatic heterocycles. The van der Waals surface area contributed by atoms with Crippen molar-refractivity contribution in [3.05, 3.63) is 48.5 Å². The van der Waals surface area contributed by atoms with E-state index >= 15 is 0 Å². The van der Waals surface area contributed by atoms with Crippen LogP contribution in [0.2, 0.25) is 0 Å². The Balaban J connectivity index is 1.64. The number of amides is 2. The molecule has 0 aromatic heterocycles. The summed E-state index contributed by atoms with van der Waals surface area (Å²) in [6.07, 6.45) is -0.169. The van der Waals surface area contributed by atoms with Gasteiger partial charge < -0.3 is 25.8 Å². The number of carbonyl (C=O) groups is 2. The highest BCUT2D eigenvalue weighted by Gasteiger charge is 2.29. The zero-order chi connectivity index (χ0) is 21.5. The van der Waals surface area contributed by atoms with Crippen molar-refractivity contribution in [1.82, 2.24) is 5.32 Å². The average molecular weight is 410 g/mol. The zero-order valence-corrected chi connectivity index (χ0v) is 16.5. The van der Waals surface area contributed by atoms with E-state index in [0.717, 1.165) is 5.69 Å². The number of nitrogens with one attached hydrogen (secondary N) is 3. The summed E-state index contributed by atoms with van der Waals surface area (Å²) in [6.45, 7) is 0. The maximum Gasteiger partial charge on any atom is 0.252 e. The van der Waals surface area contributed by atoms with E-state index in [0.29, 0.717) is 17.2 Å². The van der Waals surface area contributed by atoms with Gasteiger partial charge in [0.05, 0.1) is 26.3 Å². The molecule has 10 heteroatoms. The summed E-state index contributed by atoms with van der Waals surface area (Å²) in [5.41, 5.74) is 7.01. The predicted molar refractivity (Wildman–Crippen MR) is 114 cm³/mol. The number of aliphatic imine (C=N–C) groups is 2. The number of nitrogens with two attached hydrogens (primary N) is 1. The van der Waals surface area contributed by atoms with Gasteiger partial charge in [0.2, 0.25) is 17.8 Å². The molecule has 156 valence electrons. The Morgan fingerprint density at radius 2 is 1.93 bits per heavy atom. The van der Waals surface area contributed by atoms with Crippen LogP contribution in [0, 0.1) is 0 Å². The normalized spacial score (nSPS) is 15.8. The second-order valence-electron chi connectivity index (χ2n) is 6.26. The van der Waals surface area contributed by atoms with E-state index < -0.39 is 17.9 Å². The van der Waals surface area contributed by atoms with Crippen molar-refractivity contribution in [2.24, 2.45) is 15.7 Å². The van der Waals surface area contributed by atoms with Crippen LogP contribution in [0.15, 0.2) is 58.5 Å². The maximum absolute atomic E-state index is 12.4. The zero-order valence-electron chi connectivity index (χ0n) is 16.5. The van der Waals surface area contributed by atoms with Crippen LogP contribution in [-0.4, -0.2) is 44.0 Å². The lowest BCUT2D eigenvalue weighted by molar-refractivity contribution is -0.123. The molecule has 1 atom stereocenters. The molecule has 0 radical (unpaired) electrons. The summed E-state index contributed by atoms with van der Waals surface area (Å²) in [6, 6.07) is 13.3. The molecule has 2 amide bonds. The number of guanidine groups is 2. The second kappa shape index (κ2) is 9.41. The monoisotopic (exact) mass is 410 g/mol. The minimum absolute atomic E-state index is 0.0395. The van der Waals surface area contributed by atoms with Crippen molar-refractivity contribution in [3.8, 4) is 11.5 Å². The highest BCUT2D eigenvalue weighted by molar-refractivity contribution is 6.11. The Kier molecular flexibility index (Phi) is 6.48. The lowest BCUT2D eigenvalue weighted by atomic mass is 10.2. The largest absolute Gasteiger partial charge is 0.497 e. The first kappa shape index (κ1) is 20.6. The summed E-state index contributed by atoms with van der Waals surface area (Å²) < 4.78 is 10.4. The van der Waals surface area contributed by atoms with Gasteiger partial charge in [0.1, 0.15) is 17.5 Å². The quantitative estimate of drug-likeness (QED) is 0.418. The highest BCUT2D eigenvalue weighted by Crippen LogP contribution is 2.29.